The van der Waals surface area contributed by atoms with Crippen LogP contribution >= 0.6 is 0 Å². The maximum Gasteiger partial charge on any atom is 0.337 e. The quantitative estimate of drug-likeness (QED) is 0.546. The number of methoxy groups -OCH3 is 1. The van der Waals surface area contributed by atoms with Gasteiger partial charge in [-0.15, -0.1) is 10.2 Å². The first-order valence-electron chi connectivity index (χ1n) is 10.4. The van der Waals surface area contributed by atoms with Gasteiger partial charge in [0, 0.05) is 12.2 Å². The SMILES string of the molecule is CCc1ccc(-n2nc3cc(C)c(NC4=C(C(=O)OC)CN(CCO)C4=O)cc3n2)cc1. The van der Waals surface area contributed by atoms with E-state index in [2.05, 4.69) is 22.4 Å². The van der Waals surface area contributed by atoms with Crippen LogP contribution in [0.4, 0.5) is 5.69 Å². The van der Waals surface area contributed by atoms with E-state index < -0.39 is 5.97 Å². The third kappa shape index (κ3) is 3.94. The Labute approximate surface area is 185 Å². The van der Waals surface area contributed by atoms with Crippen LogP contribution in [0.3, 0.4) is 0 Å². The van der Waals surface area contributed by atoms with E-state index in [0.717, 1.165) is 23.2 Å². The van der Waals surface area contributed by atoms with E-state index in [9.17, 15) is 14.7 Å². The fourth-order valence-corrected chi connectivity index (χ4v) is 3.67. The minimum absolute atomic E-state index is 0.0830. The van der Waals surface area contributed by atoms with Crippen LogP contribution in [0.1, 0.15) is 18.1 Å². The minimum atomic E-state index is -0.582. The van der Waals surface area contributed by atoms with E-state index in [1.807, 2.05) is 37.3 Å². The van der Waals surface area contributed by atoms with Gasteiger partial charge in [0.1, 0.15) is 16.7 Å². The van der Waals surface area contributed by atoms with Crippen LogP contribution in [0, 0.1) is 6.92 Å². The van der Waals surface area contributed by atoms with E-state index in [1.54, 1.807) is 10.9 Å². The molecule has 0 bridgehead atoms. The summed E-state index contributed by atoms with van der Waals surface area (Å²) in [4.78, 5) is 28.0. The molecule has 4 rings (SSSR count). The highest BCUT2D eigenvalue weighted by atomic mass is 16.5. The Bertz CT molecular complexity index is 1210. The summed E-state index contributed by atoms with van der Waals surface area (Å²) in [5.74, 6) is -0.944. The van der Waals surface area contributed by atoms with Crippen molar-refractivity contribution in [2.45, 2.75) is 20.3 Å². The number of anilines is 1. The predicted octanol–water partition coefficient (Wildman–Crippen LogP) is 1.96. The summed E-state index contributed by atoms with van der Waals surface area (Å²) < 4.78 is 4.84. The van der Waals surface area contributed by atoms with Crippen molar-refractivity contribution in [1.82, 2.24) is 19.9 Å². The lowest BCUT2D eigenvalue weighted by molar-refractivity contribution is -0.136. The third-order valence-corrected chi connectivity index (χ3v) is 5.52. The van der Waals surface area contributed by atoms with Gasteiger partial charge in [-0.2, -0.15) is 4.80 Å². The number of nitrogens with one attached hydrogen (secondary N) is 1. The molecule has 9 heteroatoms. The van der Waals surface area contributed by atoms with Gasteiger partial charge in [-0.3, -0.25) is 4.79 Å². The smallest absolute Gasteiger partial charge is 0.337 e. The van der Waals surface area contributed by atoms with E-state index in [0.29, 0.717) is 11.2 Å². The molecule has 0 saturated carbocycles. The first-order valence-corrected chi connectivity index (χ1v) is 10.4. The number of aromatic nitrogens is 3. The molecule has 3 aromatic rings. The maximum atomic E-state index is 12.8. The minimum Gasteiger partial charge on any atom is -0.466 e. The average molecular weight is 435 g/mol. The van der Waals surface area contributed by atoms with Gasteiger partial charge < -0.3 is 20.1 Å². The number of carbonyl (C=O) groups is 2. The lowest BCUT2D eigenvalue weighted by Gasteiger charge is -2.15. The average Bonchev–Trinajstić information content (AvgIpc) is 3.35. The second-order valence-corrected chi connectivity index (χ2v) is 7.59. The molecule has 0 unspecified atom stereocenters. The molecule has 1 aromatic heterocycles. The maximum absolute atomic E-state index is 12.8. The van der Waals surface area contributed by atoms with Crippen molar-refractivity contribution in [3.05, 3.63) is 58.8 Å². The zero-order valence-corrected chi connectivity index (χ0v) is 18.3. The van der Waals surface area contributed by atoms with Crippen molar-refractivity contribution >= 4 is 28.6 Å². The highest BCUT2D eigenvalue weighted by molar-refractivity contribution is 6.08. The molecule has 0 radical (unpaired) electrons. The molecule has 0 aliphatic carbocycles. The van der Waals surface area contributed by atoms with Gasteiger partial charge in [0.2, 0.25) is 0 Å². The predicted molar refractivity (Wildman–Crippen MR) is 119 cm³/mol. The van der Waals surface area contributed by atoms with Gasteiger partial charge in [-0.1, -0.05) is 19.1 Å². The number of fused-ring (bicyclic) bond motifs is 1. The Kier molecular flexibility index (Phi) is 5.91. The zero-order chi connectivity index (χ0) is 22.8. The Morgan fingerprint density at radius 1 is 1.19 bits per heavy atom. The summed E-state index contributed by atoms with van der Waals surface area (Å²) in [6.45, 7) is 4.01. The molecule has 2 aromatic carbocycles. The third-order valence-electron chi connectivity index (χ3n) is 5.52. The molecular formula is C23H25N5O4. The van der Waals surface area contributed by atoms with Gasteiger partial charge in [0.05, 0.1) is 31.5 Å². The number of carbonyl (C=O) groups excluding carboxylic acids is 2. The van der Waals surface area contributed by atoms with Crippen molar-refractivity contribution in [2.75, 3.05) is 32.1 Å². The van der Waals surface area contributed by atoms with Crippen LogP contribution in [0.5, 0.6) is 0 Å². The Morgan fingerprint density at radius 3 is 2.50 bits per heavy atom. The summed E-state index contributed by atoms with van der Waals surface area (Å²) in [5, 5.41) is 21.5. The number of hydrogen-bond acceptors (Lipinski definition) is 7. The lowest BCUT2D eigenvalue weighted by atomic mass is 10.1. The zero-order valence-electron chi connectivity index (χ0n) is 18.3. The molecule has 2 heterocycles. The van der Waals surface area contributed by atoms with Crippen molar-refractivity contribution in [3.63, 3.8) is 0 Å². The number of ether oxygens (including phenoxy) is 1. The van der Waals surface area contributed by atoms with Gasteiger partial charge in [-0.05, 0) is 48.7 Å². The molecule has 166 valence electrons. The molecule has 0 fully saturated rings. The van der Waals surface area contributed by atoms with Crippen LogP contribution in [0.25, 0.3) is 16.7 Å². The van der Waals surface area contributed by atoms with Gasteiger partial charge in [-0.25, -0.2) is 4.79 Å². The molecule has 0 atom stereocenters. The lowest BCUT2D eigenvalue weighted by Crippen LogP contribution is -2.31. The number of aliphatic hydroxyl groups excluding tert-OH is 1. The van der Waals surface area contributed by atoms with Crippen molar-refractivity contribution in [1.29, 1.82) is 0 Å². The first kappa shape index (κ1) is 21.5. The molecular weight excluding hydrogens is 410 g/mol. The summed E-state index contributed by atoms with van der Waals surface area (Å²) >= 11 is 0. The van der Waals surface area contributed by atoms with E-state index in [4.69, 9.17) is 4.74 Å². The second-order valence-electron chi connectivity index (χ2n) is 7.59. The number of rotatable bonds is 7. The van der Waals surface area contributed by atoms with Crippen molar-refractivity contribution in [2.24, 2.45) is 0 Å². The fraction of sp³-hybridized carbons (Fsp3) is 0.304. The number of hydrogen-bond donors (Lipinski definition) is 2. The summed E-state index contributed by atoms with van der Waals surface area (Å²) in [6, 6.07) is 11.7. The largest absolute Gasteiger partial charge is 0.466 e. The van der Waals surface area contributed by atoms with E-state index in [1.165, 1.54) is 17.6 Å². The van der Waals surface area contributed by atoms with Crippen molar-refractivity contribution < 1.29 is 19.4 Å². The number of benzene rings is 2. The van der Waals surface area contributed by atoms with E-state index >= 15 is 0 Å². The van der Waals surface area contributed by atoms with Crippen molar-refractivity contribution in [3.8, 4) is 5.69 Å². The molecule has 9 nitrogen and oxygen atoms in total. The number of amides is 1. The summed E-state index contributed by atoms with van der Waals surface area (Å²) in [7, 11) is 1.27. The van der Waals surface area contributed by atoms with Gasteiger partial charge >= 0.3 is 5.97 Å². The monoisotopic (exact) mass is 435 g/mol. The normalized spacial score (nSPS) is 13.9. The van der Waals surface area contributed by atoms with E-state index in [-0.39, 0.29) is 36.9 Å². The molecule has 32 heavy (non-hydrogen) atoms. The highest BCUT2D eigenvalue weighted by Gasteiger charge is 2.34. The molecule has 0 spiro atoms. The Hall–Kier alpha value is -3.72. The van der Waals surface area contributed by atoms with Crippen LogP contribution in [0.15, 0.2) is 47.7 Å². The topological polar surface area (TPSA) is 110 Å². The standard InChI is InChI=1S/C23H25N5O4/c1-4-15-5-7-16(8-6-15)28-25-19-11-14(2)18(12-20(19)26-28)24-21-17(23(31)32-3)13-27(9-10-29)22(21)30/h5-8,11-12,24,29H,4,9-10,13H2,1-3H3. The number of β-amino-alcohol motifs (C(OH)–C–C–N with tert-alkyl or cyclic N) is 1. The van der Waals surface area contributed by atoms with Crippen LogP contribution < -0.4 is 5.32 Å². The summed E-state index contributed by atoms with van der Waals surface area (Å²) in [5.41, 5.74) is 5.31. The molecule has 1 aliphatic heterocycles. The van der Waals surface area contributed by atoms with Crippen LogP contribution in [-0.2, 0) is 20.7 Å². The summed E-state index contributed by atoms with van der Waals surface area (Å²) in [6.07, 6.45) is 0.959. The van der Waals surface area contributed by atoms with Gasteiger partial charge in [0.15, 0.2) is 0 Å². The molecule has 2 N–H and O–H groups in total. The number of esters is 1. The molecule has 1 aliphatic rings. The molecule has 1 amide bonds. The van der Waals surface area contributed by atoms with Crippen LogP contribution in [0.2, 0.25) is 0 Å². The Morgan fingerprint density at radius 2 is 1.88 bits per heavy atom. The first-order chi connectivity index (χ1) is 15.4. The molecule has 0 saturated heterocycles. The number of aryl methyl sites for hydroxylation is 2. The second kappa shape index (κ2) is 8.80. The number of aliphatic hydroxyl groups is 1. The number of nitrogens with zero attached hydrogens (tertiary/aromatic N) is 4. The fourth-order valence-electron chi connectivity index (χ4n) is 3.67. The van der Waals surface area contributed by atoms with Gasteiger partial charge in [0.25, 0.3) is 5.91 Å². The van der Waals surface area contributed by atoms with Crippen LogP contribution in [-0.4, -0.2) is 63.7 Å². The Balaban J connectivity index is 1.68. The highest BCUT2D eigenvalue weighted by Crippen LogP contribution is 2.27.